The lowest BCUT2D eigenvalue weighted by Crippen LogP contribution is -2.54. The van der Waals surface area contributed by atoms with Gasteiger partial charge in [-0.25, -0.2) is 4.79 Å². The number of amides is 2. The van der Waals surface area contributed by atoms with Gasteiger partial charge in [-0.15, -0.1) is 0 Å². The van der Waals surface area contributed by atoms with E-state index in [1.807, 2.05) is 43.3 Å². The maximum absolute atomic E-state index is 13.0. The Kier molecular flexibility index (Phi) is 9.25. The highest BCUT2D eigenvalue weighted by molar-refractivity contribution is 5.86. The summed E-state index contributed by atoms with van der Waals surface area (Å²) in [6, 6.07) is 14.8. The number of carbonyl (C=O) groups excluding carboxylic acids is 2. The highest BCUT2D eigenvalue weighted by atomic mass is 16.5. The lowest BCUT2D eigenvalue weighted by Gasteiger charge is -2.25. The number of nitrogens with zero attached hydrogens (tertiary/aromatic N) is 1. The van der Waals surface area contributed by atoms with Crippen molar-refractivity contribution in [2.45, 2.75) is 50.6 Å². The number of benzene rings is 2. The molecule has 8 heteroatoms. The Hall–Kier alpha value is -3.39. The van der Waals surface area contributed by atoms with Gasteiger partial charge in [0, 0.05) is 18.5 Å². The van der Waals surface area contributed by atoms with Gasteiger partial charge in [0.25, 0.3) is 0 Å². The summed E-state index contributed by atoms with van der Waals surface area (Å²) in [6.07, 6.45) is 1.42. The Labute approximate surface area is 206 Å². The van der Waals surface area contributed by atoms with E-state index in [-0.39, 0.29) is 25.5 Å². The zero-order valence-electron chi connectivity index (χ0n) is 20.6. The maximum Gasteiger partial charge on any atom is 0.407 e. The summed E-state index contributed by atoms with van der Waals surface area (Å²) in [4.78, 5) is 38.7. The molecule has 3 rings (SSSR count). The molecule has 2 amide bonds. The molecular formula is C27H35N3O5. The van der Waals surface area contributed by atoms with Crippen molar-refractivity contribution < 1.29 is 24.2 Å². The normalized spacial score (nSPS) is 14.1. The maximum atomic E-state index is 13.0. The fourth-order valence-electron chi connectivity index (χ4n) is 4.53. The Balaban J connectivity index is 1.64. The van der Waals surface area contributed by atoms with Gasteiger partial charge in [0.15, 0.2) is 0 Å². The highest BCUT2D eigenvalue weighted by Gasteiger charge is 2.30. The van der Waals surface area contributed by atoms with Crippen LogP contribution in [0.15, 0.2) is 48.5 Å². The molecule has 3 N–H and O–H groups in total. The Morgan fingerprint density at radius 3 is 2.14 bits per heavy atom. The number of fused-ring (bicyclic) bond motifs is 3. The summed E-state index contributed by atoms with van der Waals surface area (Å²) in [5, 5.41) is 14.7. The number of alkyl carbamates (subject to hydrolysis) is 1. The molecule has 0 aliphatic heterocycles. The number of unbranched alkanes of at least 4 members (excludes halogenated alkanes) is 1. The third kappa shape index (κ3) is 7.05. The predicted octanol–water partition coefficient (Wildman–Crippen LogP) is 3.61. The molecule has 1 aliphatic carbocycles. The zero-order valence-corrected chi connectivity index (χ0v) is 20.6. The first-order valence-corrected chi connectivity index (χ1v) is 12.1. The van der Waals surface area contributed by atoms with Crippen LogP contribution in [0.4, 0.5) is 4.79 Å². The van der Waals surface area contributed by atoms with E-state index in [0.717, 1.165) is 35.1 Å². The van der Waals surface area contributed by atoms with Crippen molar-refractivity contribution in [2.24, 2.45) is 0 Å². The van der Waals surface area contributed by atoms with E-state index < -0.39 is 30.1 Å². The topological polar surface area (TPSA) is 108 Å². The number of rotatable bonds is 12. The van der Waals surface area contributed by atoms with Crippen LogP contribution in [0.25, 0.3) is 11.1 Å². The second-order valence-electron chi connectivity index (χ2n) is 9.23. The van der Waals surface area contributed by atoms with Crippen LogP contribution < -0.4 is 10.6 Å². The summed E-state index contributed by atoms with van der Waals surface area (Å²) >= 11 is 0. The van der Waals surface area contributed by atoms with E-state index >= 15 is 0 Å². The Morgan fingerprint density at radius 1 is 1.00 bits per heavy atom. The molecular weight excluding hydrogens is 446 g/mol. The standard InChI is InChI=1S/C27H35N3O5/c1-4-5-10-18(15-25(31)32)28-26(33)24(16-30(2)3)29-27(34)35-17-23-21-13-8-6-11-19(21)20-12-7-9-14-22(20)23/h6-9,11-14,18,23-24H,4-5,10,15-17H2,1-3H3,(H,28,33)(H,29,34)(H,31,32)/t18-,24-/m0/s1. The summed E-state index contributed by atoms with van der Waals surface area (Å²) in [7, 11) is 3.59. The molecule has 2 atom stereocenters. The minimum atomic E-state index is -0.972. The first kappa shape index (κ1) is 26.2. The van der Waals surface area contributed by atoms with Gasteiger partial charge in [0.2, 0.25) is 5.91 Å². The van der Waals surface area contributed by atoms with Crippen LogP contribution >= 0.6 is 0 Å². The molecule has 35 heavy (non-hydrogen) atoms. The van der Waals surface area contributed by atoms with Crippen molar-refractivity contribution in [3.63, 3.8) is 0 Å². The molecule has 2 aromatic rings. The Morgan fingerprint density at radius 2 is 1.60 bits per heavy atom. The third-order valence-electron chi connectivity index (χ3n) is 6.17. The first-order chi connectivity index (χ1) is 16.8. The second-order valence-corrected chi connectivity index (χ2v) is 9.23. The molecule has 0 heterocycles. The summed E-state index contributed by atoms with van der Waals surface area (Å²) in [5.74, 6) is -1.47. The second kappa shape index (κ2) is 12.4. The van der Waals surface area contributed by atoms with Gasteiger partial charge in [-0.2, -0.15) is 0 Å². The van der Waals surface area contributed by atoms with Gasteiger partial charge in [0.1, 0.15) is 12.6 Å². The molecule has 188 valence electrons. The Bertz CT molecular complexity index is 993. The molecule has 1 aliphatic rings. The number of nitrogens with one attached hydrogen (secondary N) is 2. The highest BCUT2D eigenvalue weighted by Crippen LogP contribution is 2.44. The molecule has 0 spiro atoms. The lowest BCUT2D eigenvalue weighted by atomic mass is 9.98. The molecule has 0 aromatic heterocycles. The minimum Gasteiger partial charge on any atom is -0.481 e. The van der Waals surface area contributed by atoms with E-state index in [1.165, 1.54) is 0 Å². The van der Waals surface area contributed by atoms with Crippen molar-refractivity contribution in [1.29, 1.82) is 0 Å². The largest absolute Gasteiger partial charge is 0.481 e. The van der Waals surface area contributed by atoms with Crippen LogP contribution in [0.1, 0.15) is 49.7 Å². The number of ether oxygens (including phenoxy) is 1. The quantitative estimate of drug-likeness (QED) is 0.428. The van der Waals surface area contributed by atoms with Crippen LogP contribution in [0, 0.1) is 0 Å². The summed E-state index contributed by atoms with van der Waals surface area (Å²) < 4.78 is 5.59. The molecule has 0 unspecified atom stereocenters. The molecule has 0 fully saturated rings. The monoisotopic (exact) mass is 481 g/mol. The molecule has 8 nitrogen and oxygen atoms in total. The zero-order chi connectivity index (χ0) is 25.4. The van der Waals surface area contributed by atoms with Crippen LogP contribution in [0.2, 0.25) is 0 Å². The van der Waals surface area contributed by atoms with Crippen molar-refractivity contribution in [3.8, 4) is 11.1 Å². The van der Waals surface area contributed by atoms with E-state index in [2.05, 4.69) is 22.8 Å². The van der Waals surface area contributed by atoms with Gasteiger partial charge in [0.05, 0.1) is 6.42 Å². The van der Waals surface area contributed by atoms with Gasteiger partial charge in [-0.05, 0) is 42.8 Å². The molecule has 2 aromatic carbocycles. The van der Waals surface area contributed by atoms with Crippen LogP contribution in [0.5, 0.6) is 0 Å². The molecule has 0 radical (unpaired) electrons. The lowest BCUT2D eigenvalue weighted by molar-refractivity contribution is -0.137. The smallest absolute Gasteiger partial charge is 0.407 e. The molecule has 0 saturated carbocycles. The fourth-order valence-corrected chi connectivity index (χ4v) is 4.53. The predicted molar refractivity (Wildman–Crippen MR) is 134 cm³/mol. The number of carboxylic acid groups (broad SMARTS) is 1. The number of aliphatic carboxylic acids is 1. The number of carbonyl (C=O) groups is 3. The number of likely N-dealkylation sites (N-methyl/N-ethyl adjacent to an activating group) is 1. The number of hydrogen-bond acceptors (Lipinski definition) is 5. The van der Waals surface area contributed by atoms with Crippen LogP contribution in [0.3, 0.4) is 0 Å². The van der Waals surface area contributed by atoms with Gasteiger partial charge < -0.3 is 25.4 Å². The summed E-state index contributed by atoms with van der Waals surface area (Å²) in [6.45, 7) is 2.41. The first-order valence-electron chi connectivity index (χ1n) is 12.1. The number of hydrogen-bond donors (Lipinski definition) is 3. The molecule has 0 saturated heterocycles. The van der Waals surface area contributed by atoms with Gasteiger partial charge in [-0.1, -0.05) is 68.3 Å². The van der Waals surface area contributed by atoms with E-state index in [0.29, 0.717) is 6.42 Å². The van der Waals surface area contributed by atoms with Crippen molar-refractivity contribution in [1.82, 2.24) is 15.5 Å². The average molecular weight is 482 g/mol. The van der Waals surface area contributed by atoms with E-state index in [4.69, 9.17) is 4.74 Å². The SMILES string of the molecule is CCCC[C@@H](CC(=O)O)NC(=O)[C@H](CN(C)C)NC(=O)OCC1c2ccccc2-c2ccccc21. The van der Waals surface area contributed by atoms with E-state index in [9.17, 15) is 19.5 Å². The fraction of sp³-hybridized carbons (Fsp3) is 0.444. The van der Waals surface area contributed by atoms with Crippen molar-refractivity contribution >= 4 is 18.0 Å². The molecule has 0 bridgehead atoms. The van der Waals surface area contributed by atoms with Crippen molar-refractivity contribution in [3.05, 3.63) is 59.7 Å². The van der Waals surface area contributed by atoms with Crippen LogP contribution in [-0.4, -0.2) is 67.3 Å². The van der Waals surface area contributed by atoms with Gasteiger partial charge >= 0.3 is 12.1 Å². The minimum absolute atomic E-state index is 0.0803. The van der Waals surface area contributed by atoms with Crippen molar-refractivity contribution in [2.75, 3.05) is 27.2 Å². The number of carboxylic acids is 1. The average Bonchev–Trinajstić information content (AvgIpc) is 3.14. The third-order valence-corrected chi connectivity index (χ3v) is 6.17. The van der Waals surface area contributed by atoms with E-state index in [1.54, 1.807) is 19.0 Å². The van der Waals surface area contributed by atoms with Crippen LogP contribution in [-0.2, 0) is 14.3 Å². The van der Waals surface area contributed by atoms with Gasteiger partial charge in [-0.3, -0.25) is 9.59 Å². The summed E-state index contributed by atoms with van der Waals surface area (Å²) in [5.41, 5.74) is 4.49.